The zero-order valence-electron chi connectivity index (χ0n) is 35.0. The summed E-state index contributed by atoms with van der Waals surface area (Å²) in [5.74, 6) is 0. The van der Waals surface area contributed by atoms with Crippen molar-refractivity contribution in [3.05, 3.63) is 230 Å². The van der Waals surface area contributed by atoms with Crippen molar-refractivity contribution in [2.24, 2.45) is 0 Å². The van der Waals surface area contributed by atoms with Crippen LogP contribution in [0.15, 0.2) is 176 Å². The Kier molecular flexibility index (Phi) is 8.80. The molecule has 0 amide bonds. The summed E-state index contributed by atoms with van der Waals surface area (Å²) in [4.78, 5) is 0. The van der Waals surface area contributed by atoms with Gasteiger partial charge in [0.25, 0.3) is 0 Å². The molecule has 286 valence electrons. The number of rotatable bonds is 5. The third-order valence-electron chi connectivity index (χ3n) is 12.5. The summed E-state index contributed by atoms with van der Waals surface area (Å²) < 4.78 is 0. The summed E-state index contributed by atoms with van der Waals surface area (Å²) >= 11 is 0. The summed E-state index contributed by atoms with van der Waals surface area (Å²) in [6.07, 6.45) is 10.4. The smallest absolute Gasteiger partial charge is 0.00165 e. The summed E-state index contributed by atoms with van der Waals surface area (Å²) in [7, 11) is 0. The van der Waals surface area contributed by atoms with Gasteiger partial charge >= 0.3 is 0 Å². The number of hydrogen-bond acceptors (Lipinski definition) is 0. The molecule has 2 aliphatic carbocycles. The summed E-state index contributed by atoms with van der Waals surface area (Å²) in [6.45, 7) is 14.4. The van der Waals surface area contributed by atoms with Crippen molar-refractivity contribution in [3.63, 3.8) is 0 Å². The Balaban J connectivity index is 1.59. The first-order chi connectivity index (χ1) is 28.6. The SMILES string of the molecule is CC(C)(C)c1cc2c(cc1-c1ccccc1)=Cc1c(C3=CC=CC3)c(-c3ccccc3)c(C(C)(C)C)c(=C(c3cccc4ccccc34)c3cccc4ccccc34)c1=2. The molecule has 0 N–H and O–H groups in total. The quantitative estimate of drug-likeness (QED) is 0.164. The van der Waals surface area contributed by atoms with Crippen molar-refractivity contribution in [2.75, 3.05) is 0 Å². The lowest BCUT2D eigenvalue weighted by Crippen LogP contribution is -2.30. The second kappa shape index (κ2) is 14.1. The Bertz CT molecular complexity index is 3180. The molecule has 8 aromatic carbocycles. The monoisotopic (exact) mass is 758 g/mol. The van der Waals surface area contributed by atoms with E-state index in [-0.39, 0.29) is 10.8 Å². The molecule has 0 bridgehead atoms. The van der Waals surface area contributed by atoms with Crippen molar-refractivity contribution in [2.45, 2.75) is 58.8 Å². The molecule has 59 heavy (non-hydrogen) atoms. The van der Waals surface area contributed by atoms with Crippen LogP contribution in [0.1, 0.15) is 81.3 Å². The molecule has 0 atom stereocenters. The molecule has 2 aliphatic rings. The summed E-state index contributed by atoms with van der Waals surface area (Å²) in [5, 5.41) is 10.3. The van der Waals surface area contributed by atoms with E-state index in [0.29, 0.717) is 0 Å². The molecule has 0 fully saturated rings. The van der Waals surface area contributed by atoms with E-state index >= 15 is 0 Å². The minimum Gasteiger partial charge on any atom is -0.0801 e. The molecular formula is C59H50. The fraction of sp³-hybridized carbons (Fsp3) is 0.153. The van der Waals surface area contributed by atoms with Crippen LogP contribution >= 0.6 is 0 Å². The molecule has 10 rings (SSSR count). The van der Waals surface area contributed by atoms with Crippen LogP contribution in [-0.2, 0) is 10.8 Å². The molecule has 0 saturated heterocycles. The normalized spacial score (nSPS) is 13.4. The van der Waals surface area contributed by atoms with Crippen LogP contribution < -0.4 is 10.4 Å². The minimum atomic E-state index is -0.253. The number of allylic oxidation sites excluding steroid dienone is 4. The maximum atomic E-state index is 2.56. The Morgan fingerprint density at radius 3 is 1.64 bits per heavy atom. The van der Waals surface area contributed by atoms with Crippen molar-refractivity contribution >= 4 is 38.8 Å². The molecule has 8 aromatic rings. The molecule has 0 aromatic heterocycles. The van der Waals surface area contributed by atoms with E-state index in [1.165, 1.54) is 109 Å². The van der Waals surface area contributed by atoms with Crippen LogP contribution in [0.4, 0.5) is 0 Å². The minimum absolute atomic E-state index is 0.0987. The summed E-state index contributed by atoms with van der Waals surface area (Å²) in [5.41, 5.74) is 15.4. The lowest BCUT2D eigenvalue weighted by Gasteiger charge is -2.30. The van der Waals surface area contributed by atoms with E-state index in [2.05, 4.69) is 224 Å². The van der Waals surface area contributed by atoms with E-state index in [9.17, 15) is 0 Å². The molecule has 0 aliphatic heterocycles. The topological polar surface area (TPSA) is 0 Å². The fourth-order valence-electron chi connectivity index (χ4n) is 9.94. The van der Waals surface area contributed by atoms with Gasteiger partial charge < -0.3 is 0 Å². The van der Waals surface area contributed by atoms with Crippen LogP contribution in [0.2, 0.25) is 0 Å². The van der Waals surface area contributed by atoms with Gasteiger partial charge in [-0.3, -0.25) is 0 Å². The van der Waals surface area contributed by atoms with E-state index in [1.54, 1.807) is 0 Å². The van der Waals surface area contributed by atoms with Gasteiger partial charge in [0.1, 0.15) is 0 Å². The first-order valence-corrected chi connectivity index (χ1v) is 21.2. The maximum Gasteiger partial charge on any atom is -0.00165 e. The van der Waals surface area contributed by atoms with E-state index in [1.807, 2.05) is 0 Å². The largest absolute Gasteiger partial charge is 0.0801 e. The molecule has 0 heterocycles. The van der Waals surface area contributed by atoms with E-state index in [0.717, 1.165) is 6.42 Å². The Morgan fingerprint density at radius 2 is 1.08 bits per heavy atom. The van der Waals surface area contributed by atoms with Crippen molar-refractivity contribution in [1.29, 1.82) is 0 Å². The maximum absolute atomic E-state index is 2.56. The highest BCUT2D eigenvalue weighted by molar-refractivity contribution is 6.05. The zero-order valence-corrected chi connectivity index (χ0v) is 35.0. The highest BCUT2D eigenvalue weighted by Crippen LogP contribution is 2.44. The van der Waals surface area contributed by atoms with Crippen LogP contribution in [0.5, 0.6) is 0 Å². The Labute approximate surface area is 348 Å². The molecule has 0 nitrogen and oxygen atoms in total. The highest BCUT2D eigenvalue weighted by Gasteiger charge is 2.32. The predicted octanol–water partition coefficient (Wildman–Crippen LogP) is 13.9. The second-order valence-corrected chi connectivity index (χ2v) is 18.4. The lowest BCUT2D eigenvalue weighted by atomic mass is 9.73. The molecular weight excluding hydrogens is 709 g/mol. The van der Waals surface area contributed by atoms with Crippen molar-refractivity contribution < 1.29 is 0 Å². The number of fused-ring (bicyclic) bond motifs is 4. The molecule has 0 heteroatoms. The number of hydrogen-bond donors (Lipinski definition) is 0. The third-order valence-corrected chi connectivity index (χ3v) is 12.5. The Morgan fingerprint density at radius 1 is 0.525 bits per heavy atom. The van der Waals surface area contributed by atoms with Gasteiger partial charge in [-0.25, -0.2) is 0 Å². The Hall–Kier alpha value is -6.50. The highest BCUT2D eigenvalue weighted by atomic mass is 14.3. The van der Waals surface area contributed by atoms with Gasteiger partial charge in [-0.05, 0) is 145 Å². The van der Waals surface area contributed by atoms with Gasteiger partial charge in [0.05, 0.1) is 0 Å². The molecule has 0 spiro atoms. The second-order valence-electron chi connectivity index (χ2n) is 18.4. The van der Waals surface area contributed by atoms with Crippen molar-refractivity contribution in [3.8, 4) is 22.3 Å². The van der Waals surface area contributed by atoms with Gasteiger partial charge in [0.2, 0.25) is 0 Å². The zero-order chi connectivity index (χ0) is 40.5. The third kappa shape index (κ3) is 6.21. The lowest BCUT2D eigenvalue weighted by molar-refractivity contribution is 0.586. The van der Waals surface area contributed by atoms with Crippen molar-refractivity contribution in [1.82, 2.24) is 0 Å². The molecule has 0 unspecified atom stereocenters. The first-order valence-electron chi connectivity index (χ1n) is 21.2. The predicted molar refractivity (Wildman–Crippen MR) is 253 cm³/mol. The molecule has 0 saturated carbocycles. The van der Waals surface area contributed by atoms with Gasteiger partial charge in [-0.1, -0.05) is 205 Å². The molecule has 0 radical (unpaired) electrons. The average Bonchev–Trinajstić information content (AvgIpc) is 3.92. The standard InChI is InChI=1S/C59H50/c1-58(2,3)51-37-49-43(35-48(51)40-21-9-7-10-22-40)36-50-52(41-27-13-14-28-41)53(42-25-11-8-12-26-42)57(59(4,5)6)56(55(49)50)54(46-33-19-29-38-23-15-17-31-44(38)46)47-34-20-30-39-24-16-18-32-45(39)47/h7-27,29-37H,28H2,1-6H3. The van der Waals surface area contributed by atoms with Crippen LogP contribution in [-0.4, -0.2) is 0 Å². The van der Waals surface area contributed by atoms with Crippen LogP contribution in [0.3, 0.4) is 0 Å². The van der Waals surface area contributed by atoms with E-state index in [4.69, 9.17) is 0 Å². The van der Waals surface area contributed by atoms with Crippen LogP contribution in [0.25, 0.3) is 61.0 Å². The number of benzene rings is 8. The van der Waals surface area contributed by atoms with E-state index < -0.39 is 0 Å². The summed E-state index contributed by atoms with van der Waals surface area (Å²) in [6, 6.07) is 58.9. The van der Waals surface area contributed by atoms with Gasteiger partial charge in [-0.15, -0.1) is 0 Å². The fourth-order valence-corrected chi connectivity index (χ4v) is 9.94. The van der Waals surface area contributed by atoms with Gasteiger partial charge in [0, 0.05) is 0 Å². The average molecular weight is 759 g/mol. The van der Waals surface area contributed by atoms with Gasteiger partial charge in [0.15, 0.2) is 0 Å². The van der Waals surface area contributed by atoms with Gasteiger partial charge in [-0.2, -0.15) is 0 Å². The van der Waals surface area contributed by atoms with Crippen LogP contribution in [0, 0.1) is 10.4 Å². The first kappa shape index (κ1) is 36.8.